The Morgan fingerprint density at radius 1 is 1.30 bits per heavy atom. The molecule has 1 amide bonds. The standard InChI is InChI=1S/C16H22N2O2/c19-15-11-5-4-10-14(15)16(20)18-17-12-6-9-13-7-2-1-3-8-13/h4-5,10-13,19H,1-3,6-9H2,(H,18,20)/b17-12-. The molecule has 0 atom stereocenters. The van der Waals surface area contributed by atoms with Crippen LogP contribution in [0, 0.1) is 5.92 Å². The number of amides is 1. The van der Waals surface area contributed by atoms with Gasteiger partial charge >= 0.3 is 0 Å². The maximum Gasteiger partial charge on any atom is 0.275 e. The molecular weight excluding hydrogens is 252 g/mol. The van der Waals surface area contributed by atoms with E-state index in [9.17, 15) is 9.90 Å². The molecule has 4 heteroatoms. The van der Waals surface area contributed by atoms with Crippen molar-refractivity contribution >= 4 is 12.1 Å². The minimum atomic E-state index is -0.378. The lowest BCUT2D eigenvalue weighted by atomic mass is 9.86. The summed E-state index contributed by atoms with van der Waals surface area (Å²) in [6, 6.07) is 6.45. The zero-order valence-corrected chi connectivity index (χ0v) is 11.7. The Hall–Kier alpha value is -1.84. The molecule has 0 spiro atoms. The number of hydrogen-bond donors (Lipinski definition) is 2. The average Bonchev–Trinajstić information content (AvgIpc) is 2.48. The molecule has 0 saturated heterocycles. The molecule has 1 aliphatic carbocycles. The summed E-state index contributed by atoms with van der Waals surface area (Å²) < 4.78 is 0. The second kappa shape index (κ2) is 7.68. The number of nitrogens with zero attached hydrogens (tertiary/aromatic N) is 1. The van der Waals surface area contributed by atoms with Crippen molar-refractivity contribution in [1.29, 1.82) is 0 Å². The van der Waals surface area contributed by atoms with Gasteiger partial charge in [-0.15, -0.1) is 0 Å². The van der Waals surface area contributed by atoms with E-state index in [4.69, 9.17) is 0 Å². The molecular formula is C16H22N2O2. The van der Waals surface area contributed by atoms with Crippen molar-refractivity contribution in [1.82, 2.24) is 5.43 Å². The predicted molar refractivity (Wildman–Crippen MR) is 79.9 cm³/mol. The van der Waals surface area contributed by atoms with Crippen LogP contribution >= 0.6 is 0 Å². The molecule has 0 bridgehead atoms. The van der Waals surface area contributed by atoms with Gasteiger partial charge in [-0.05, 0) is 30.9 Å². The fourth-order valence-electron chi connectivity index (χ4n) is 2.68. The van der Waals surface area contributed by atoms with Crippen LogP contribution in [0.5, 0.6) is 5.75 Å². The molecule has 108 valence electrons. The Balaban J connectivity index is 1.70. The van der Waals surface area contributed by atoms with Crippen molar-refractivity contribution in [2.24, 2.45) is 11.0 Å². The second-order valence-electron chi connectivity index (χ2n) is 5.35. The predicted octanol–water partition coefficient (Wildman–Crippen LogP) is 3.47. The van der Waals surface area contributed by atoms with Crippen LogP contribution < -0.4 is 5.43 Å². The number of hydrogen-bond acceptors (Lipinski definition) is 3. The number of nitrogens with one attached hydrogen (secondary N) is 1. The highest BCUT2D eigenvalue weighted by Crippen LogP contribution is 2.26. The first kappa shape index (κ1) is 14.6. The van der Waals surface area contributed by atoms with Crippen LogP contribution in [-0.4, -0.2) is 17.2 Å². The van der Waals surface area contributed by atoms with Crippen molar-refractivity contribution < 1.29 is 9.90 Å². The Morgan fingerprint density at radius 2 is 2.05 bits per heavy atom. The normalized spacial score (nSPS) is 16.4. The zero-order chi connectivity index (χ0) is 14.2. The van der Waals surface area contributed by atoms with E-state index >= 15 is 0 Å². The van der Waals surface area contributed by atoms with E-state index in [1.807, 2.05) is 0 Å². The fraction of sp³-hybridized carbons (Fsp3) is 0.500. The van der Waals surface area contributed by atoms with Crippen LogP contribution in [0.3, 0.4) is 0 Å². The molecule has 1 aromatic rings. The molecule has 1 saturated carbocycles. The average molecular weight is 274 g/mol. The molecule has 2 N–H and O–H groups in total. The number of rotatable bonds is 5. The van der Waals surface area contributed by atoms with Gasteiger partial charge in [-0.2, -0.15) is 5.10 Å². The Kier molecular flexibility index (Phi) is 5.59. The van der Waals surface area contributed by atoms with Gasteiger partial charge in [-0.1, -0.05) is 44.2 Å². The summed E-state index contributed by atoms with van der Waals surface area (Å²) in [4.78, 5) is 11.7. The van der Waals surface area contributed by atoms with Crippen molar-refractivity contribution in [3.8, 4) is 5.75 Å². The molecule has 0 aliphatic heterocycles. The maximum atomic E-state index is 11.7. The van der Waals surface area contributed by atoms with E-state index in [2.05, 4.69) is 10.5 Å². The maximum absolute atomic E-state index is 11.7. The Morgan fingerprint density at radius 3 is 2.80 bits per heavy atom. The molecule has 1 aliphatic rings. The third-order valence-electron chi connectivity index (χ3n) is 3.83. The van der Waals surface area contributed by atoms with Crippen LogP contribution in [0.4, 0.5) is 0 Å². The van der Waals surface area contributed by atoms with Gasteiger partial charge in [0.1, 0.15) is 5.75 Å². The number of para-hydroxylation sites is 1. The summed E-state index contributed by atoms with van der Waals surface area (Å²) >= 11 is 0. The largest absolute Gasteiger partial charge is 0.507 e. The number of carbonyl (C=O) groups excluding carboxylic acids is 1. The zero-order valence-electron chi connectivity index (χ0n) is 11.7. The highest BCUT2D eigenvalue weighted by atomic mass is 16.3. The van der Waals surface area contributed by atoms with Gasteiger partial charge in [0.2, 0.25) is 0 Å². The molecule has 1 aromatic carbocycles. The monoisotopic (exact) mass is 274 g/mol. The lowest BCUT2D eigenvalue weighted by Crippen LogP contribution is -2.17. The van der Waals surface area contributed by atoms with Crippen molar-refractivity contribution in [2.45, 2.75) is 44.9 Å². The van der Waals surface area contributed by atoms with Crippen molar-refractivity contribution in [3.05, 3.63) is 29.8 Å². The number of hydrazone groups is 1. The third-order valence-corrected chi connectivity index (χ3v) is 3.83. The van der Waals surface area contributed by atoms with Crippen LogP contribution in [0.15, 0.2) is 29.4 Å². The molecule has 2 rings (SSSR count). The van der Waals surface area contributed by atoms with E-state index in [1.165, 1.54) is 38.2 Å². The van der Waals surface area contributed by atoms with Gasteiger partial charge in [-0.3, -0.25) is 4.79 Å². The SMILES string of the molecule is O=C(N/N=C\CCC1CCCCC1)c1ccccc1O. The fourth-order valence-corrected chi connectivity index (χ4v) is 2.68. The lowest BCUT2D eigenvalue weighted by Gasteiger charge is -2.20. The molecule has 0 heterocycles. The quantitative estimate of drug-likeness (QED) is 0.638. The molecule has 0 unspecified atom stereocenters. The Bertz CT molecular complexity index is 465. The highest BCUT2D eigenvalue weighted by Gasteiger charge is 2.12. The van der Waals surface area contributed by atoms with E-state index in [0.717, 1.165) is 18.8 Å². The van der Waals surface area contributed by atoms with Gasteiger partial charge in [0.15, 0.2) is 0 Å². The van der Waals surface area contributed by atoms with E-state index in [0.29, 0.717) is 0 Å². The van der Waals surface area contributed by atoms with Crippen LogP contribution in [0.1, 0.15) is 55.3 Å². The first-order chi connectivity index (χ1) is 9.77. The van der Waals surface area contributed by atoms with Crippen molar-refractivity contribution in [2.75, 3.05) is 0 Å². The first-order valence-electron chi connectivity index (χ1n) is 7.37. The number of aromatic hydroxyl groups is 1. The van der Waals surface area contributed by atoms with Gasteiger partial charge < -0.3 is 5.11 Å². The molecule has 4 nitrogen and oxygen atoms in total. The number of carbonyl (C=O) groups is 1. The summed E-state index contributed by atoms with van der Waals surface area (Å²) in [7, 11) is 0. The molecule has 1 fully saturated rings. The summed E-state index contributed by atoms with van der Waals surface area (Å²) in [5.74, 6) is 0.420. The van der Waals surface area contributed by atoms with Crippen LogP contribution in [0.25, 0.3) is 0 Å². The minimum absolute atomic E-state index is 0.0256. The Labute approximate surface area is 119 Å². The van der Waals surface area contributed by atoms with Crippen LogP contribution in [0.2, 0.25) is 0 Å². The summed E-state index contributed by atoms with van der Waals surface area (Å²) in [5.41, 5.74) is 2.70. The van der Waals surface area contributed by atoms with E-state index < -0.39 is 0 Å². The van der Waals surface area contributed by atoms with Gasteiger partial charge in [0.25, 0.3) is 5.91 Å². The summed E-state index contributed by atoms with van der Waals surface area (Å²) in [5, 5.41) is 13.5. The highest BCUT2D eigenvalue weighted by molar-refractivity contribution is 5.96. The van der Waals surface area contributed by atoms with Gasteiger partial charge in [-0.25, -0.2) is 5.43 Å². The lowest BCUT2D eigenvalue weighted by molar-refractivity contribution is 0.0952. The summed E-state index contributed by atoms with van der Waals surface area (Å²) in [6.07, 6.45) is 10.5. The van der Waals surface area contributed by atoms with Gasteiger partial charge in [0.05, 0.1) is 5.56 Å². The number of benzene rings is 1. The van der Waals surface area contributed by atoms with Crippen LogP contribution in [-0.2, 0) is 0 Å². The van der Waals surface area contributed by atoms with Gasteiger partial charge in [0, 0.05) is 6.21 Å². The summed E-state index contributed by atoms with van der Waals surface area (Å²) in [6.45, 7) is 0. The molecule has 0 aromatic heterocycles. The van der Waals surface area contributed by atoms with Crippen molar-refractivity contribution in [3.63, 3.8) is 0 Å². The van der Waals surface area contributed by atoms with E-state index in [1.54, 1.807) is 24.4 Å². The molecule has 20 heavy (non-hydrogen) atoms. The molecule has 0 radical (unpaired) electrons. The third kappa shape index (κ3) is 4.37. The smallest absolute Gasteiger partial charge is 0.275 e. The topological polar surface area (TPSA) is 61.7 Å². The number of phenolic OH excluding ortho intramolecular Hbond substituents is 1. The number of phenols is 1. The second-order valence-corrected chi connectivity index (χ2v) is 5.35. The van der Waals surface area contributed by atoms with E-state index in [-0.39, 0.29) is 17.2 Å². The first-order valence-corrected chi connectivity index (χ1v) is 7.37. The minimum Gasteiger partial charge on any atom is -0.507 e.